The van der Waals surface area contributed by atoms with E-state index in [1.807, 2.05) is 83.0 Å². The highest BCUT2D eigenvalue weighted by Crippen LogP contribution is 2.26. The van der Waals surface area contributed by atoms with E-state index >= 15 is 0 Å². The number of hydrogen-bond acceptors (Lipinski definition) is 4. The zero-order valence-electron chi connectivity index (χ0n) is 15.3. The summed E-state index contributed by atoms with van der Waals surface area (Å²) in [6, 6.07) is 21.5. The Labute approximate surface area is 180 Å². The van der Waals surface area contributed by atoms with Gasteiger partial charge in [-0.15, -0.1) is 11.3 Å². The number of hydrogen-bond donors (Lipinski definition) is 1. The Bertz CT molecular complexity index is 1120. The van der Waals surface area contributed by atoms with Gasteiger partial charge < -0.3 is 0 Å². The van der Waals surface area contributed by atoms with Crippen LogP contribution >= 0.6 is 27.3 Å². The summed E-state index contributed by atoms with van der Waals surface area (Å²) in [7, 11) is 0. The van der Waals surface area contributed by atoms with Crippen LogP contribution in [0.4, 0.5) is 0 Å². The van der Waals surface area contributed by atoms with Crippen LogP contribution in [0.2, 0.25) is 0 Å². The van der Waals surface area contributed by atoms with Crippen LogP contribution in [0.1, 0.15) is 11.1 Å². The Morgan fingerprint density at radius 1 is 1.10 bits per heavy atom. The fraction of sp³-hybridized carbons (Fsp3) is 0.0455. The number of nitrogens with one attached hydrogen (secondary N) is 1. The largest absolute Gasteiger partial charge is 0.273 e. The number of thiophene rings is 1. The number of nitrogens with zero attached hydrogens (tertiary/aromatic N) is 3. The van der Waals surface area contributed by atoms with Crippen molar-refractivity contribution >= 4 is 39.4 Å². The Morgan fingerprint density at radius 3 is 2.62 bits per heavy atom. The summed E-state index contributed by atoms with van der Waals surface area (Å²) in [5.41, 5.74) is 6.15. The molecule has 0 spiro atoms. The van der Waals surface area contributed by atoms with Crippen molar-refractivity contribution in [1.29, 1.82) is 0 Å². The van der Waals surface area contributed by atoms with Crippen molar-refractivity contribution in [2.45, 2.75) is 6.42 Å². The lowest BCUT2D eigenvalue weighted by molar-refractivity contribution is -0.120. The van der Waals surface area contributed by atoms with E-state index in [2.05, 4.69) is 26.5 Å². The maximum absolute atomic E-state index is 12.2. The molecule has 0 aliphatic heterocycles. The molecule has 1 N–H and O–H groups in total. The van der Waals surface area contributed by atoms with Gasteiger partial charge in [-0.3, -0.25) is 4.79 Å². The molecule has 1 amide bonds. The summed E-state index contributed by atoms with van der Waals surface area (Å²) >= 11 is 5.00. The van der Waals surface area contributed by atoms with E-state index in [0.29, 0.717) is 0 Å². The molecule has 0 fully saturated rings. The third kappa shape index (κ3) is 4.88. The average molecular weight is 465 g/mol. The van der Waals surface area contributed by atoms with Crippen molar-refractivity contribution in [3.63, 3.8) is 0 Å². The van der Waals surface area contributed by atoms with Gasteiger partial charge in [-0.25, -0.2) is 10.1 Å². The highest BCUT2D eigenvalue weighted by molar-refractivity contribution is 9.10. The van der Waals surface area contributed by atoms with E-state index in [-0.39, 0.29) is 12.3 Å². The van der Waals surface area contributed by atoms with Crippen LogP contribution in [0, 0.1) is 0 Å². The molecule has 0 unspecified atom stereocenters. The second kappa shape index (κ2) is 8.98. The Kier molecular flexibility index (Phi) is 5.97. The molecular weight excluding hydrogens is 448 g/mol. The minimum absolute atomic E-state index is 0.170. The third-order valence-corrected chi connectivity index (χ3v) is 5.59. The third-order valence-electron chi connectivity index (χ3n) is 4.19. The van der Waals surface area contributed by atoms with Gasteiger partial charge in [0.15, 0.2) is 0 Å². The minimum atomic E-state index is -0.170. The molecule has 0 bridgehead atoms. The Hall–Kier alpha value is -3.03. The van der Waals surface area contributed by atoms with E-state index in [1.54, 1.807) is 17.6 Å². The van der Waals surface area contributed by atoms with Crippen LogP contribution in [-0.4, -0.2) is 21.9 Å². The second-order valence-electron chi connectivity index (χ2n) is 6.29. The summed E-state index contributed by atoms with van der Waals surface area (Å²) in [6.45, 7) is 0. The molecule has 0 radical (unpaired) electrons. The summed E-state index contributed by atoms with van der Waals surface area (Å²) in [4.78, 5) is 13.2. The first-order valence-corrected chi connectivity index (χ1v) is 10.6. The molecule has 4 aromatic rings. The maximum atomic E-state index is 12.2. The number of aromatic nitrogens is 2. The molecule has 0 aliphatic rings. The van der Waals surface area contributed by atoms with Crippen molar-refractivity contribution in [2.75, 3.05) is 0 Å². The molecule has 144 valence electrons. The summed E-state index contributed by atoms with van der Waals surface area (Å²) in [6.07, 6.45) is 3.82. The lowest BCUT2D eigenvalue weighted by atomic mass is 10.1. The van der Waals surface area contributed by atoms with Crippen LogP contribution in [0.5, 0.6) is 0 Å². The highest BCUT2D eigenvalue weighted by Gasteiger charge is 2.12. The number of carbonyl (C=O) groups excluding carboxylic acids is 1. The quantitative estimate of drug-likeness (QED) is 0.320. The van der Waals surface area contributed by atoms with E-state index in [1.165, 1.54) is 0 Å². The van der Waals surface area contributed by atoms with Gasteiger partial charge in [0.25, 0.3) is 0 Å². The molecule has 0 saturated heterocycles. The molecule has 29 heavy (non-hydrogen) atoms. The molecule has 7 heteroatoms. The number of rotatable bonds is 6. The van der Waals surface area contributed by atoms with Crippen LogP contribution in [0.3, 0.4) is 0 Å². The minimum Gasteiger partial charge on any atom is -0.273 e. The molecule has 0 atom stereocenters. The zero-order valence-corrected chi connectivity index (χ0v) is 17.7. The van der Waals surface area contributed by atoms with Crippen molar-refractivity contribution in [1.82, 2.24) is 15.2 Å². The van der Waals surface area contributed by atoms with E-state index in [0.717, 1.165) is 31.9 Å². The SMILES string of the molecule is O=C(Cc1ccc(Br)cc1)N/N=C\c1cn(-c2ccccc2)nc1-c1cccs1. The molecular formula is C22H17BrN4OS. The fourth-order valence-corrected chi connectivity index (χ4v) is 3.80. The van der Waals surface area contributed by atoms with Crippen LogP contribution in [0.25, 0.3) is 16.3 Å². The van der Waals surface area contributed by atoms with E-state index < -0.39 is 0 Å². The van der Waals surface area contributed by atoms with Crippen LogP contribution in [-0.2, 0) is 11.2 Å². The monoisotopic (exact) mass is 464 g/mol. The fourth-order valence-electron chi connectivity index (χ4n) is 2.80. The van der Waals surface area contributed by atoms with Crippen molar-refractivity contribution in [3.05, 3.63) is 93.9 Å². The first-order valence-electron chi connectivity index (χ1n) is 8.94. The van der Waals surface area contributed by atoms with Crippen molar-refractivity contribution in [3.8, 4) is 16.3 Å². The number of halogens is 1. The van der Waals surface area contributed by atoms with Gasteiger partial charge in [-0.1, -0.05) is 52.3 Å². The standard InChI is InChI=1S/C22H17BrN4OS/c23-18-10-8-16(9-11-18)13-21(28)25-24-14-17-15-27(19-5-2-1-3-6-19)26-22(17)20-7-4-12-29-20/h1-12,14-15H,13H2,(H,25,28)/b24-14-. The topological polar surface area (TPSA) is 59.3 Å². The van der Waals surface area contributed by atoms with Crippen molar-refractivity contribution in [2.24, 2.45) is 5.10 Å². The number of hydrazone groups is 1. The average Bonchev–Trinajstić information content (AvgIpc) is 3.40. The van der Waals surface area contributed by atoms with E-state index in [4.69, 9.17) is 5.10 Å². The van der Waals surface area contributed by atoms with E-state index in [9.17, 15) is 4.79 Å². The molecule has 4 rings (SSSR count). The summed E-state index contributed by atoms with van der Waals surface area (Å²) in [5.74, 6) is -0.170. The number of para-hydroxylation sites is 1. The van der Waals surface area contributed by atoms with Crippen LogP contribution in [0.15, 0.2) is 87.9 Å². The predicted octanol–water partition coefficient (Wildman–Crippen LogP) is 5.06. The number of amides is 1. The molecule has 5 nitrogen and oxygen atoms in total. The Morgan fingerprint density at radius 2 is 1.90 bits per heavy atom. The van der Waals surface area contributed by atoms with Gasteiger partial charge in [0.1, 0.15) is 5.69 Å². The predicted molar refractivity (Wildman–Crippen MR) is 120 cm³/mol. The lowest BCUT2D eigenvalue weighted by Crippen LogP contribution is -2.19. The smallest absolute Gasteiger partial charge is 0.244 e. The maximum Gasteiger partial charge on any atom is 0.244 e. The zero-order chi connectivity index (χ0) is 20.1. The molecule has 2 aromatic heterocycles. The first kappa shape index (κ1) is 19.3. The summed E-state index contributed by atoms with van der Waals surface area (Å²) < 4.78 is 2.80. The Balaban J connectivity index is 1.51. The molecule has 2 heterocycles. The normalized spacial score (nSPS) is 11.1. The number of carbonyl (C=O) groups is 1. The first-order chi connectivity index (χ1) is 14.2. The highest BCUT2D eigenvalue weighted by atomic mass is 79.9. The molecule has 2 aromatic carbocycles. The second-order valence-corrected chi connectivity index (χ2v) is 8.15. The summed E-state index contributed by atoms with van der Waals surface area (Å²) in [5, 5.41) is 10.9. The van der Waals surface area contributed by atoms with Crippen LogP contribution < -0.4 is 5.43 Å². The van der Waals surface area contributed by atoms with Gasteiger partial charge in [0, 0.05) is 16.2 Å². The van der Waals surface area contributed by atoms with Gasteiger partial charge >= 0.3 is 0 Å². The van der Waals surface area contributed by atoms with Crippen molar-refractivity contribution < 1.29 is 4.79 Å². The van der Waals surface area contributed by atoms with Gasteiger partial charge in [0.05, 0.1) is 23.2 Å². The van der Waals surface area contributed by atoms with Gasteiger partial charge in [0.2, 0.25) is 5.91 Å². The molecule has 0 aliphatic carbocycles. The van der Waals surface area contributed by atoms with Gasteiger partial charge in [-0.2, -0.15) is 10.2 Å². The van der Waals surface area contributed by atoms with Gasteiger partial charge in [-0.05, 0) is 41.3 Å². The number of benzene rings is 2. The lowest BCUT2D eigenvalue weighted by Gasteiger charge is -2.00. The molecule has 0 saturated carbocycles.